The molecule has 0 amide bonds. The molecule has 3 rings (SSSR count). The fourth-order valence-electron chi connectivity index (χ4n) is 2.90. The molecule has 2 fully saturated rings. The Morgan fingerprint density at radius 2 is 2.56 bits per heavy atom. The summed E-state index contributed by atoms with van der Waals surface area (Å²) in [6, 6.07) is 0. The van der Waals surface area contributed by atoms with Crippen molar-refractivity contribution in [2.24, 2.45) is 5.92 Å². The van der Waals surface area contributed by atoms with Crippen LogP contribution in [0.25, 0.3) is 0 Å². The van der Waals surface area contributed by atoms with Crippen LogP contribution in [0.2, 0.25) is 0 Å². The van der Waals surface area contributed by atoms with Crippen molar-refractivity contribution >= 4 is 11.3 Å². The topological polar surface area (TPSA) is 25.4 Å². The van der Waals surface area contributed by atoms with Crippen molar-refractivity contribution in [3.8, 4) is 0 Å². The summed E-state index contributed by atoms with van der Waals surface area (Å²) in [4.78, 5) is 6.83. The van der Waals surface area contributed by atoms with E-state index < -0.39 is 0 Å². The maximum Gasteiger partial charge on any atom is 0.107 e. The molecule has 0 N–H and O–H groups in total. The SMILES string of the molecule is C[C@H]1C[C@@H]2CCN(Cc3nccs3)C[C@H]2O1. The number of fused-ring (bicyclic) bond motifs is 1. The Balaban J connectivity index is 1.59. The first-order valence-electron chi connectivity index (χ1n) is 6.07. The molecule has 0 aromatic carbocycles. The van der Waals surface area contributed by atoms with E-state index in [1.807, 2.05) is 6.20 Å². The number of nitrogens with zero attached hydrogens (tertiary/aromatic N) is 2. The fourth-order valence-corrected chi connectivity index (χ4v) is 3.56. The van der Waals surface area contributed by atoms with Crippen molar-refractivity contribution in [1.82, 2.24) is 9.88 Å². The lowest BCUT2D eigenvalue weighted by Crippen LogP contribution is -2.41. The van der Waals surface area contributed by atoms with Gasteiger partial charge in [-0.2, -0.15) is 0 Å². The van der Waals surface area contributed by atoms with E-state index in [9.17, 15) is 0 Å². The van der Waals surface area contributed by atoms with Crippen molar-refractivity contribution in [2.45, 2.75) is 38.5 Å². The van der Waals surface area contributed by atoms with Gasteiger partial charge in [0.2, 0.25) is 0 Å². The zero-order valence-electron chi connectivity index (χ0n) is 9.63. The van der Waals surface area contributed by atoms with E-state index in [1.54, 1.807) is 11.3 Å². The average molecular weight is 238 g/mol. The second kappa shape index (κ2) is 4.43. The smallest absolute Gasteiger partial charge is 0.107 e. The molecule has 0 radical (unpaired) electrons. The molecule has 1 aromatic heterocycles. The van der Waals surface area contributed by atoms with Gasteiger partial charge in [0.1, 0.15) is 5.01 Å². The molecule has 3 heterocycles. The molecule has 2 aliphatic heterocycles. The molecule has 0 saturated carbocycles. The van der Waals surface area contributed by atoms with Gasteiger partial charge in [0, 0.05) is 18.1 Å². The summed E-state index contributed by atoms with van der Waals surface area (Å²) in [6.45, 7) is 5.49. The van der Waals surface area contributed by atoms with Gasteiger partial charge >= 0.3 is 0 Å². The molecule has 0 spiro atoms. The summed E-state index contributed by atoms with van der Waals surface area (Å²) in [7, 11) is 0. The van der Waals surface area contributed by atoms with Gasteiger partial charge in [-0.25, -0.2) is 4.98 Å². The molecule has 2 saturated heterocycles. The third-order valence-corrected chi connectivity index (χ3v) is 4.43. The zero-order valence-corrected chi connectivity index (χ0v) is 10.4. The lowest BCUT2D eigenvalue weighted by molar-refractivity contribution is -0.00277. The highest BCUT2D eigenvalue weighted by atomic mass is 32.1. The molecule has 0 aliphatic carbocycles. The summed E-state index contributed by atoms with van der Waals surface area (Å²) in [6.07, 6.45) is 5.38. The molecule has 16 heavy (non-hydrogen) atoms. The minimum Gasteiger partial charge on any atom is -0.374 e. The molecule has 4 heteroatoms. The molecule has 3 atom stereocenters. The number of likely N-dealkylation sites (tertiary alicyclic amines) is 1. The molecule has 88 valence electrons. The van der Waals surface area contributed by atoms with E-state index >= 15 is 0 Å². The number of aromatic nitrogens is 1. The number of hydrogen-bond donors (Lipinski definition) is 0. The van der Waals surface area contributed by atoms with E-state index in [2.05, 4.69) is 22.2 Å². The highest BCUT2D eigenvalue weighted by Gasteiger charge is 2.37. The summed E-state index contributed by atoms with van der Waals surface area (Å²) >= 11 is 1.75. The Morgan fingerprint density at radius 1 is 1.62 bits per heavy atom. The maximum absolute atomic E-state index is 5.96. The molecule has 0 bridgehead atoms. The van der Waals surface area contributed by atoms with Crippen molar-refractivity contribution in [1.29, 1.82) is 0 Å². The number of thiazole rings is 1. The summed E-state index contributed by atoms with van der Waals surface area (Å²) in [5.74, 6) is 0.808. The van der Waals surface area contributed by atoms with Crippen LogP contribution in [-0.4, -0.2) is 35.2 Å². The fraction of sp³-hybridized carbons (Fsp3) is 0.750. The third-order valence-electron chi connectivity index (χ3n) is 3.66. The first-order chi connectivity index (χ1) is 7.81. The van der Waals surface area contributed by atoms with Crippen LogP contribution in [0.5, 0.6) is 0 Å². The van der Waals surface area contributed by atoms with Crippen LogP contribution in [-0.2, 0) is 11.3 Å². The predicted octanol–water partition coefficient (Wildman–Crippen LogP) is 2.14. The van der Waals surface area contributed by atoms with Crippen molar-refractivity contribution in [3.05, 3.63) is 16.6 Å². The van der Waals surface area contributed by atoms with Crippen LogP contribution in [0, 0.1) is 5.92 Å². The van der Waals surface area contributed by atoms with Gasteiger partial charge < -0.3 is 4.74 Å². The number of hydrogen-bond acceptors (Lipinski definition) is 4. The van der Waals surface area contributed by atoms with Crippen LogP contribution in [0.1, 0.15) is 24.8 Å². The standard InChI is InChI=1S/C12H18N2OS/c1-9-6-10-2-4-14(7-11(10)15-9)8-12-13-3-5-16-12/h3,5,9-11H,2,4,6-8H2,1H3/t9-,10-,11+/m0/s1. The molecule has 1 aromatic rings. The zero-order chi connectivity index (χ0) is 11.0. The van der Waals surface area contributed by atoms with Gasteiger partial charge in [0.05, 0.1) is 18.8 Å². The molecule has 0 unspecified atom stereocenters. The lowest BCUT2D eigenvalue weighted by atomic mass is 9.92. The Bertz CT molecular complexity index is 341. The quantitative estimate of drug-likeness (QED) is 0.789. The Kier molecular flexibility index (Phi) is 2.96. The third kappa shape index (κ3) is 2.14. The summed E-state index contributed by atoms with van der Waals surface area (Å²) in [5, 5.41) is 3.28. The maximum atomic E-state index is 5.96. The first-order valence-corrected chi connectivity index (χ1v) is 6.95. The first kappa shape index (κ1) is 10.7. The van der Waals surface area contributed by atoms with E-state index in [4.69, 9.17) is 4.74 Å². The average Bonchev–Trinajstić information content (AvgIpc) is 2.85. The number of piperidine rings is 1. The van der Waals surface area contributed by atoms with E-state index in [-0.39, 0.29) is 0 Å². The predicted molar refractivity (Wildman–Crippen MR) is 64.5 cm³/mol. The van der Waals surface area contributed by atoms with Gasteiger partial charge in [-0.05, 0) is 32.2 Å². The van der Waals surface area contributed by atoms with Gasteiger partial charge in [-0.1, -0.05) is 0 Å². The minimum absolute atomic E-state index is 0.467. The van der Waals surface area contributed by atoms with Gasteiger partial charge in [-0.3, -0.25) is 4.90 Å². The van der Waals surface area contributed by atoms with Gasteiger partial charge in [0.25, 0.3) is 0 Å². The van der Waals surface area contributed by atoms with Gasteiger partial charge in [-0.15, -0.1) is 11.3 Å². The van der Waals surface area contributed by atoms with Crippen molar-refractivity contribution in [3.63, 3.8) is 0 Å². The van der Waals surface area contributed by atoms with E-state index in [1.165, 1.54) is 24.4 Å². The largest absolute Gasteiger partial charge is 0.374 e. The summed E-state index contributed by atoms with van der Waals surface area (Å²) < 4.78 is 5.96. The highest BCUT2D eigenvalue weighted by Crippen LogP contribution is 2.33. The Hall–Kier alpha value is -0.450. The van der Waals surface area contributed by atoms with E-state index in [0.29, 0.717) is 12.2 Å². The van der Waals surface area contributed by atoms with Gasteiger partial charge in [0.15, 0.2) is 0 Å². The van der Waals surface area contributed by atoms with Crippen LogP contribution in [0.15, 0.2) is 11.6 Å². The number of rotatable bonds is 2. The van der Waals surface area contributed by atoms with Crippen molar-refractivity contribution in [2.75, 3.05) is 13.1 Å². The van der Waals surface area contributed by atoms with E-state index in [0.717, 1.165) is 19.0 Å². The molecule has 2 aliphatic rings. The van der Waals surface area contributed by atoms with Crippen LogP contribution in [0.4, 0.5) is 0 Å². The van der Waals surface area contributed by atoms with Crippen molar-refractivity contribution < 1.29 is 4.74 Å². The summed E-state index contributed by atoms with van der Waals surface area (Å²) in [5.41, 5.74) is 0. The van der Waals surface area contributed by atoms with Crippen LogP contribution in [0.3, 0.4) is 0 Å². The monoisotopic (exact) mass is 238 g/mol. The highest BCUT2D eigenvalue weighted by molar-refractivity contribution is 7.09. The number of ether oxygens (including phenoxy) is 1. The normalized spacial score (nSPS) is 35.2. The second-order valence-corrected chi connectivity index (χ2v) is 5.91. The Labute approximate surface area is 100 Å². The van der Waals surface area contributed by atoms with Crippen LogP contribution >= 0.6 is 11.3 Å². The second-order valence-electron chi connectivity index (χ2n) is 4.93. The lowest BCUT2D eigenvalue weighted by Gasteiger charge is -2.33. The van der Waals surface area contributed by atoms with Crippen LogP contribution < -0.4 is 0 Å². The Morgan fingerprint density at radius 3 is 3.38 bits per heavy atom. The minimum atomic E-state index is 0.467. The molecular weight excluding hydrogens is 220 g/mol. The molecule has 3 nitrogen and oxygen atoms in total. The molecular formula is C12H18N2OS.